The maximum atomic E-state index is 14.5. The number of anilines is 1. The van der Waals surface area contributed by atoms with Gasteiger partial charge in [-0.15, -0.1) is 0 Å². The number of pyridine rings is 3. The lowest BCUT2D eigenvalue weighted by molar-refractivity contribution is 0.600. The van der Waals surface area contributed by atoms with Crippen molar-refractivity contribution in [3.8, 4) is 34.0 Å². The third-order valence-corrected chi connectivity index (χ3v) is 7.51. The van der Waals surface area contributed by atoms with E-state index in [0.717, 1.165) is 28.7 Å². The van der Waals surface area contributed by atoms with Gasteiger partial charge in [0.2, 0.25) is 0 Å². The molecule has 0 unspecified atom stereocenters. The number of aryl methyl sites for hydroxylation is 1. The van der Waals surface area contributed by atoms with Gasteiger partial charge in [-0.25, -0.2) is 22.8 Å². The minimum Gasteiger partial charge on any atom is -0.376 e. The van der Waals surface area contributed by atoms with E-state index in [1.807, 2.05) is 37.2 Å². The zero-order chi connectivity index (χ0) is 28.0. The molecule has 0 spiro atoms. The Morgan fingerprint density at radius 3 is 2.55 bits per heavy atom. The number of sulfone groups is 1. The molecule has 2 N–H and O–H groups in total. The highest BCUT2D eigenvalue weighted by atomic mass is 32.2. The van der Waals surface area contributed by atoms with Crippen molar-refractivity contribution < 1.29 is 12.8 Å². The molecule has 12 heteroatoms. The van der Waals surface area contributed by atoms with Crippen LogP contribution < -0.4 is 4.90 Å². The van der Waals surface area contributed by atoms with Crippen molar-refractivity contribution in [3.05, 3.63) is 72.4 Å². The predicted molar refractivity (Wildman–Crippen MR) is 153 cm³/mol. The van der Waals surface area contributed by atoms with Crippen molar-refractivity contribution in [3.63, 3.8) is 0 Å². The van der Waals surface area contributed by atoms with Gasteiger partial charge in [0.05, 0.1) is 40.1 Å². The van der Waals surface area contributed by atoms with Gasteiger partial charge in [-0.05, 0) is 54.4 Å². The van der Waals surface area contributed by atoms with E-state index < -0.39 is 15.7 Å². The van der Waals surface area contributed by atoms with Gasteiger partial charge in [-0.2, -0.15) is 5.10 Å². The Hall–Kier alpha value is -4.71. The standard InChI is InChI=1S/C28H25FN8O2S/c1-37(2)20-13-18(14-30-15-20)21-4-5-23-26(32-21)27(36-35-23)28-33-22-6-8-31-24(25(22)34-28)17-10-16(11-19(29)12-17)7-9-40(3,38)39/h4-6,8,10-15H,7,9H2,1-3H3,(H,33,34)(H,35,36). The lowest BCUT2D eigenvalue weighted by atomic mass is 10.0. The molecule has 0 aliphatic heterocycles. The van der Waals surface area contributed by atoms with Crippen molar-refractivity contribution in [1.29, 1.82) is 0 Å². The van der Waals surface area contributed by atoms with Crippen LogP contribution in [0.4, 0.5) is 10.1 Å². The maximum Gasteiger partial charge on any atom is 0.161 e. The average molecular weight is 557 g/mol. The van der Waals surface area contributed by atoms with Crippen LogP contribution in [0.1, 0.15) is 5.56 Å². The molecular weight excluding hydrogens is 531 g/mol. The van der Waals surface area contributed by atoms with E-state index >= 15 is 0 Å². The van der Waals surface area contributed by atoms with E-state index in [1.54, 1.807) is 30.7 Å². The number of H-pyrrole nitrogens is 2. The fourth-order valence-electron chi connectivity index (χ4n) is 4.53. The van der Waals surface area contributed by atoms with Crippen LogP contribution in [0.3, 0.4) is 0 Å². The Morgan fingerprint density at radius 2 is 1.75 bits per heavy atom. The summed E-state index contributed by atoms with van der Waals surface area (Å²) in [5.74, 6) is -0.0657. The number of rotatable bonds is 7. The summed E-state index contributed by atoms with van der Waals surface area (Å²) in [6, 6.07) is 12.1. The van der Waals surface area contributed by atoms with Crippen LogP contribution in [0.5, 0.6) is 0 Å². The Labute approximate surface area is 229 Å². The van der Waals surface area contributed by atoms with Crippen molar-refractivity contribution >= 4 is 37.6 Å². The largest absolute Gasteiger partial charge is 0.376 e. The van der Waals surface area contributed by atoms with Crippen molar-refractivity contribution in [1.82, 2.24) is 35.1 Å². The molecule has 0 saturated carbocycles. The van der Waals surface area contributed by atoms with Gasteiger partial charge in [0.1, 0.15) is 26.7 Å². The number of nitrogens with zero attached hydrogens (tertiary/aromatic N) is 6. The van der Waals surface area contributed by atoms with Crippen LogP contribution in [0.15, 0.2) is 61.1 Å². The first-order valence-electron chi connectivity index (χ1n) is 12.5. The predicted octanol–water partition coefficient (Wildman–Crippen LogP) is 4.42. The van der Waals surface area contributed by atoms with E-state index in [-0.39, 0.29) is 12.2 Å². The average Bonchev–Trinajstić information content (AvgIpc) is 3.55. The lowest BCUT2D eigenvalue weighted by Gasteiger charge is -2.12. The van der Waals surface area contributed by atoms with Gasteiger partial charge in [-0.1, -0.05) is 0 Å². The lowest BCUT2D eigenvalue weighted by Crippen LogP contribution is -2.08. The molecule has 5 heterocycles. The van der Waals surface area contributed by atoms with Gasteiger partial charge in [0, 0.05) is 43.9 Å². The molecule has 5 aromatic heterocycles. The molecule has 0 aliphatic carbocycles. The van der Waals surface area contributed by atoms with Gasteiger partial charge < -0.3 is 9.88 Å². The Balaban J connectivity index is 1.42. The number of halogens is 1. The molecule has 1 aromatic carbocycles. The fourth-order valence-corrected chi connectivity index (χ4v) is 5.14. The summed E-state index contributed by atoms with van der Waals surface area (Å²) in [6.07, 6.45) is 6.53. The van der Waals surface area contributed by atoms with Crippen LogP contribution in [0.25, 0.3) is 56.1 Å². The molecular formula is C28H25FN8O2S. The molecule has 0 saturated heterocycles. The van der Waals surface area contributed by atoms with Crippen LogP contribution in [-0.4, -0.2) is 69.6 Å². The summed E-state index contributed by atoms with van der Waals surface area (Å²) in [7, 11) is 0.719. The fraction of sp³-hybridized carbons (Fsp3) is 0.179. The molecule has 0 radical (unpaired) electrons. The molecule has 0 bridgehead atoms. The first-order valence-corrected chi connectivity index (χ1v) is 14.5. The van der Waals surface area contributed by atoms with Gasteiger partial charge in [0.25, 0.3) is 0 Å². The number of nitrogens with one attached hydrogen (secondary N) is 2. The van der Waals surface area contributed by atoms with Gasteiger partial charge in [0.15, 0.2) is 11.5 Å². The minimum atomic E-state index is -3.19. The summed E-state index contributed by atoms with van der Waals surface area (Å²) in [4.78, 5) is 23.8. The quantitative estimate of drug-likeness (QED) is 0.295. The third kappa shape index (κ3) is 5.00. The molecule has 0 fully saturated rings. The summed E-state index contributed by atoms with van der Waals surface area (Å²) >= 11 is 0. The van der Waals surface area contributed by atoms with Crippen molar-refractivity contribution in [2.75, 3.05) is 31.0 Å². The zero-order valence-corrected chi connectivity index (χ0v) is 22.8. The molecule has 6 rings (SSSR count). The van der Waals surface area contributed by atoms with E-state index in [1.165, 1.54) is 12.1 Å². The molecule has 0 atom stereocenters. The number of benzene rings is 1. The Kier molecular flexibility index (Phi) is 6.26. The first-order chi connectivity index (χ1) is 19.1. The highest BCUT2D eigenvalue weighted by molar-refractivity contribution is 7.90. The monoisotopic (exact) mass is 556 g/mol. The van der Waals surface area contributed by atoms with E-state index in [4.69, 9.17) is 9.97 Å². The highest BCUT2D eigenvalue weighted by Crippen LogP contribution is 2.32. The third-order valence-electron chi connectivity index (χ3n) is 6.56. The molecule has 6 aromatic rings. The Morgan fingerprint density at radius 1 is 0.925 bits per heavy atom. The topological polar surface area (TPSA) is 133 Å². The number of hydrogen-bond donors (Lipinski definition) is 2. The molecule has 10 nitrogen and oxygen atoms in total. The number of imidazole rings is 1. The number of hydrogen-bond acceptors (Lipinski definition) is 8. The smallest absolute Gasteiger partial charge is 0.161 e. The summed E-state index contributed by atoms with van der Waals surface area (Å²) < 4.78 is 37.8. The number of fused-ring (bicyclic) bond motifs is 2. The van der Waals surface area contributed by atoms with E-state index in [9.17, 15) is 12.8 Å². The van der Waals surface area contributed by atoms with E-state index in [2.05, 4.69) is 25.1 Å². The van der Waals surface area contributed by atoms with Gasteiger partial charge >= 0.3 is 0 Å². The molecule has 40 heavy (non-hydrogen) atoms. The molecule has 202 valence electrons. The number of aromatic nitrogens is 7. The van der Waals surface area contributed by atoms with Crippen LogP contribution >= 0.6 is 0 Å². The van der Waals surface area contributed by atoms with Crippen LogP contribution in [0, 0.1) is 5.82 Å². The first kappa shape index (κ1) is 25.6. The van der Waals surface area contributed by atoms with E-state index in [0.29, 0.717) is 44.9 Å². The number of aromatic amines is 2. The zero-order valence-electron chi connectivity index (χ0n) is 22.0. The van der Waals surface area contributed by atoms with Crippen LogP contribution in [-0.2, 0) is 16.3 Å². The second-order valence-corrected chi connectivity index (χ2v) is 12.1. The SMILES string of the molecule is CN(C)c1cncc(-c2ccc3[nH]nc(-c4nc5c(-c6cc(F)cc(CCS(C)(=O)=O)c6)nccc5[nH]4)c3n2)c1. The Bertz CT molecular complexity index is 2000. The second-order valence-electron chi connectivity index (χ2n) is 9.86. The second kappa shape index (κ2) is 9.79. The summed E-state index contributed by atoms with van der Waals surface area (Å²) in [5.41, 5.74) is 7.25. The molecule has 0 amide bonds. The minimum absolute atomic E-state index is 0.0726. The summed E-state index contributed by atoms with van der Waals surface area (Å²) in [5, 5.41) is 7.49. The summed E-state index contributed by atoms with van der Waals surface area (Å²) in [6.45, 7) is 0. The highest BCUT2D eigenvalue weighted by Gasteiger charge is 2.18. The molecule has 0 aliphatic rings. The van der Waals surface area contributed by atoms with Crippen LogP contribution in [0.2, 0.25) is 0 Å². The van der Waals surface area contributed by atoms with Crippen molar-refractivity contribution in [2.24, 2.45) is 0 Å². The van der Waals surface area contributed by atoms with Crippen molar-refractivity contribution in [2.45, 2.75) is 6.42 Å². The normalized spacial score (nSPS) is 11.9. The maximum absolute atomic E-state index is 14.5. The van der Waals surface area contributed by atoms with Gasteiger partial charge in [-0.3, -0.25) is 15.1 Å².